The molecule has 1 aliphatic heterocycles. The van der Waals surface area contributed by atoms with Gasteiger partial charge in [-0.1, -0.05) is 30.3 Å². The molecule has 1 aliphatic rings. The fourth-order valence-corrected chi connectivity index (χ4v) is 4.10. The number of hydrogen-bond donors (Lipinski definition) is 2. The van der Waals surface area contributed by atoms with E-state index in [1.54, 1.807) is 0 Å². The van der Waals surface area contributed by atoms with Gasteiger partial charge >= 0.3 is 0 Å². The molecule has 0 aliphatic carbocycles. The molecule has 3 rings (SSSR count). The van der Waals surface area contributed by atoms with E-state index in [1.165, 1.54) is 16.8 Å². The van der Waals surface area contributed by atoms with Crippen LogP contribution in [0.2, 0.25) is 0 Å². The Kier molecular flexibility index (Phi) is 7.33. The summed E-state index contributed by atoms with van der Waals surface area (Å²) in [5.74, 6) is -0.325. The Morgan fingerprint density at radius 2 is 1.48 bits per heavy atom. The highest BCUT2D eigenvalue weighted by atomic mass is 16.2. The summed E-state index contributed by atoms with van der Waals surface area (Å²) in [5, 5.41) is 5.70. The van der Waals surface area contributed by atoms with Crippen molar-refractivity contribution in [3.8, 4) is 0 Å². The number of benzene rings is 2. The van der Waals surface area contributed by atoms with E-state index in [9.17, 15) is 9.59 Å². The van der Waals surface area contributed by atoms with Gasteiger partial charge in [-0.3, -0.25) is 14.5 Å². The highest BCUT2D eigenvalue weighted by Crippen LogP contribution is 2.24. The molecule has 0 spiro atoms. The number of hydrogen-bond acceptors (Lipinski definition) is 4. The molecule has 166 valence electrons. The first-order chi connectivity index (χ1) is 14.8. The first-order valence-corrected chi connectivity index (χ1v) is 11.0. The Labute approximate surface area is 185 Å². The normalized spacial score (nSPS) is 15.5. The number of amides is 2. The Hall–Kier alpha value is -2.86. The zero-order valence-corrected chi connectivity index (χ0v) is 19.3. The van der Waals surface area contributed by atoms with Crippen LogP contribution in [0.25, 0.3) is 0 Å². The zero-order chi connectivity index (χ0) is 22.5. The third-order valence-electron chi connectivity index (χ3n) is 6.33. The van der Waals surface area contributed by atoms with Crippen molar-refractivity contribution in [3.63, 3.8) is 0 Å². The molecule has 31 heavy (non-hydrogen) atoms. The van der Waals surface area contributed by atoms with Crippen molar-refractivity contribution in [2.75, 3.05) is 42.9 Å². The van der Waals surface area contributed by atoms with Crippen molar-refractivity contribution >= 4 is 23.2 Å². The lowest BCUT2D eigenvalue weighted by Gasteiger charge is -2.39. The molecule has 0 radical (unpaired) electrons. The van der Waals surface area contributed by atoms with E-state index in [4.69, 9.17) is 0 Å². The average Bonchev–Trinajstić information content (AvgIpc) is 2.76. The van der Waals surface area contributed by atoms with E-state index >= 15 is 0 Å². The number of para-hydroxylation sites is 1. The largest absolute Gasteiger partial charge is 0.369 e. The predicted molar refractivity (Wildman–Crippen MR) is 127 cm³/mol. The summed E-state index contributed by atoms with van der Waals surface area (Å²) >= 11 is 0. The molecule has 2 N–H and O–H groups in total. The summed E-state index contributed by atoms with van der Waals surface area (Å²) in [7, 11) is 0. The third kappa shape index (κ3) is 5.44. The number of anilines is 2. The predicted octanol–water partition coefficient (Wildman–Crippen LogP) is 3.19. The van der Waals surface area contributed by atoms with Crippen molar-refractivity contribution in [1.82, 2.24) is 10.2 Å². The molecule has 6 heteroatoms. The lowest BCUT2D eigenvalue weighted by molar-refractivity contribution is -0.128. The van der Waals surface area contributed by atoms with E-state index in [2.05, 4.69) is 52.5 Å². The monoisotopic (exact) mass is 422 g/mol. The second-order valence-corrected chi connectivity index (χ2v) is 8.45. The first-order valence-electron chi connectivity index (χ1n) is 11.0. The Bertz CT molecular complexity index is 928. The third-order valence-corrected chi connectivity index (χ3v) is 6.33. The first kappa shape index (κ1) is 22.8. The van der Waals surface area contributed by atoms with Crippen LogP contribution in [0.15, 0.2) is 36.4 Å². The highest BCUT2D eigenvalue weighted by molar-refractivity contribution is 5.96. The molecule has 1 heterocycles. The quantitative estimate of drug-likeness (QED) is 0.751. The van der Waals surface area contributed by atoms with Crippen LogP contribution >= 0.6 is 0 Å². The van der Waals surface area contributed by atoms with Crippen LogP contribution in [-0.2, 0) is 9.59 Å². The van der Waals surface area contributed by atoms with Gasteiger partial charge in [-0.15, -0.1) is 0 Å². The van der Waals surface area contributed by atoms with E-state index in [1.807, 2.05) is 39.0 Å². The molecule has 2 amide bonds. The Balaban J connectivity index is 1.48. The van der Waals surface area contributed by atoms with Gasteiger partial charge in [0.1, 0.15) is 0 Å². The van der Waals surface area contributed by atoms with E-state index in [-0.39, 0.29) is 24.4 Å². The van der Waals surface area contributed by atoms with Gasteiger partial charge in [0.25, 0.3) is 0 Å². The molecular formula is C25H34N4O2. The van der Waals surface area contributed by atoms with E-state index < -0.39 is 0 Å². The topological polar surface area (TPSA) is 64.7 Å². The molecule has 0 aromatic heterocycles. The number of piperazine rings is 1. The van der Waals surface area contributed by atoms with Crippen LogP contribution in [0, 0.1) is 27.7 Å². The number of nitrogens with one attached hydrogen (secondary N) is 2. The van der Waals surface area contributed by atoms with Crippen LogP contribution in [0.5, 0.6) is 0 Å². The zero-order valence-electron chi connectivity index (χ0n) is 19.3. The maximum atomic E-state index is 12.6. The smallest absolute Gasteiger partial charge is 0.243 e. The van der Waals surface area contributed by atoms with Crippen LogP contribution in [0.1, 0.15) is 29.2 Å². The van der Waals surface area contributed by atoms with Gasteiger partial charge in [-0.2, -0.15) is 0 Å². The molecule has 1 saturated heterocycles. The average molecular weight is 423 g/mol. The molecule has 0 saturated carbocycles. The number of aryl methyl sites for hydroxylation is 3. The number of carbonyl (C=O) groups is 2. The second kappa shape index (κ2) is 9.96. The molecule has 0 bridgehead atoms. The Morgan fingerprint density at radius 3 is 2.13 bits per heavy atom. The molecule has 2 aromatic rings. The van der Waals surface area contributed by atoms with Gasteiger partial charge in [-0.25, -0.2) is 0 Å². The van der Waals surface area contributed by atoms with Crippen LogP contribution < -0.4 is 15.5 Å². The van der Waals surface area contributed by atoms with E-state index in [0.717, 1.165) is 43.0 Å². The summed E-state index contributed by atoms with van der Waals surface area (Å²) in [5.41, 5.74) is 6.73. The maximum absolute atomic E-state index is 12.6. The van der Waals surface area contributed by atoms with Gasteiger partial charge in [0.05, 0.1) is 12.6 Å². The minimum absolute atomic E-state index is 0.0284. The Morgan fingerprint density at radius 1 is 0.903 bits per heavy atom. The number of nitrogens with zero attached hydrogens (tertiary/aromatic N) is 2. The fourth-order valence-electron chi connectivity index (χ4n) is 4.10. The fraction of sp³-hybridized carbons (Fsp3) is 0.440. The molecule has 1 atom stereocenters. The molecule has 1 fully saturated rings. The standard InChI is InChI=1S/C25H34N4O2/c1-17-8-7-11-22(20(17)4)29-14-12-28(13-15-29)21(5)25(31)26-16-23(30)27-24-18(2)9-6-10-19(24)3/h6-11,21H,12-16H2,1-5H3,(H,26,31)(H,27,30). The SMILES string of the molecule is Cc1cccc(N2CCN(C(C)C(=O)NCC(=O)Nc3c(C)cccc3C)CC2)c1C. The molecule has 2 aromatic carbocycles. The van der Waals surface area contributed by atoms with Gasteiger partial charge in [0.2, 0.25) is 11.8 Å². The summed E-state index contributed by atoms with van der Waals surface area (Å²) in [6.45, 7) is 13.5. The van der Waals surface area contributed by atoms with Gasteiger partial charge in [0.15, 0.2) is 0 Å². The van der Waals surface area contributed by atoms with Crippen LogP contribution in [0.3, 0.4) is 0 Å². The van der Waals surface area contributed by atoms with Crippen molar-refractivity contribution in [2.24, 2.45) is 0 Å². The van der Waals surface area contributed by atoms with Crippen molar-refractivity contribution < 1.29 is 9.59 Å². The summed E-state index contributed by atoms with van der Waals surface area (Å²) in [4.78, 5) is 29.5. The van der Waals surface area contributed by atoms with E-state index in [0.29, 0.717) is 0 Å². The molecular weight excluding hydrogens is 388 g/mol. The summed E-state index contributed by atoms with van der Waals surface area (Å²) in [6.07, 6.45) is 0. The minimum Gasteiger partial charge on any atom is -0.369 e. The number of carbonyl (C=O) groups excluding carboxylic acids is 2. The van der Waals surface area contributed by atoms with Gasteiger partial charge in [0, 0.05) is 37.6 Å². The lowest BCUT2D eigenvalue weighted by Crippen LogP contribution is -2.54. The maximum Gasteiger partial charge on any atom is 0.243 e. The molecule has 1 unspecified atom stereocenters. The lowest BCUT2D eigenvalue weighted by atomic mass is 10.1. The molecule has 6 nitrogen and oxygen atoms in total. The minimum atomic E-state index is -0.270. The number of rotatable bonds is 6. The summed E-state index contributed by atoms with van der Waals surface area (Å²) in [6, 6.07) is 12.0. The van der Waals surface area contributed by atoms with Crippen molar-refractivity contribution in [2.45, 2.75) is 40.7 Å². The van der Waals surface area contributed by atoms with Crippen LogP contribution in [-0.4, -0.2) is 55.5 Å². The summed E-state index contributed by atoms with van der Waals surface area (Å²) < 4.78 is 0. The van der Waals surface area contributed by atoms with Crippen molar-refractivity contribution in [1.29, 1.82) is 0 Å². The van der Waals surface area contributed by atoms with Gasteiger partial charge < -0.3 is 15.5 Å². The van der Waals surface area contributed by atoms with Gasteiger partial charge in [-0.05, 0) is 62.9 Å². The van der Waals surface area contributed by atoms with Crippen molar-refractivity contribution in [3.05, 3.63) is 58.7 Å². The van der Waals surface area contributed by atoms with Crippen LogP contribution in [0.4, 0.5) is 11.4 Å². The highest BCUT2D eigenvalue weighted by Gasteiger charge is 2.26. The second-order valence-electron chi connectivity index (χ2n) is 8.45.